The molecule has 0 unspecified atom stereocenters. The van der Waals surface area contributed by atoms with Crippen LogP contribution in [0.15, 0.2) is 0 Å². The second-order valence-electron chi connectivity index (χ2n) is 12.8. The first-order valence-electron chi connectivity index (χ1n) is 16.6. The number of likely N-dealkylation sites (tertiary alicyclic amines) is 1. The molecule has 0 saturated carbocycles. The molecule has 8 N–H and O–H groups in total. The molecule has 18 heteroatoms. The third-order valence-corrected chi connectivity index (χ3v) is 9.33. The summed E-state index contributed by atoms with van der Waals surface area (Å²) in [5, 5.41) is 82.1. The Morgan fingerprint density at radius 3 is 1.71 bits per heavy atom. The Morgan fingerprint density at radius 2 is 1.17 bits per heavy atom. The van der Waals surface area contributed by atoms with Crippen molar-refractivity contribution in [3.05, 3.63) is 0 Å². The first-order valence-corrected chi connectivity index (χ1v) is 16.6. The largest absolute Gasteiger partial charge is 0.469 e. The van der Waals surface area contributed by atoms with Crippen LogP contribution in [0.2, 0.25) is 0 Å². The first kappa shape index (κ1) is 39.6. The second-order valence-corrected chi connectivity index (χ2v) is 12.8. The van der Waals surface area contributed by atoms with Gasteiger partial charge in [0.25, 0.3) is 0 Å². The number of esters is 1. The number of rotatable bonds is 19. The van der Waals surface area contributed by atoms with Crippen molar-refractivity contribution in [3.63, 3.8) is 0 Å². The molecule has 4 rings (SSSR count). The second kappa shape index (κ2) is 18.9. The van der Waals surface area contributed by atoms with E-state index < -0.39 is 105 Å². The minimum absolute atomic E-state index is 0.103. The lowest BCUT2D eigenvalue weighted by Gasteiger charge is -2.27. The molecule has 17 nitrogen and oxygen atoms in total. The van der Waals surface area contributed by atoms with E-state index in [1.165, 1.54) is 12.0 Å². The van der Waals surface area contributed by atoms with Crippen LogP contribution in [0, 0.1) is 0 Å². The van der Waals surface area contributed by atoms with Crippen molar-refractivity contribution in [2.75, 3.05) is 46.6 Å². The van der Waals surface area contributed by atoms with Gasteiger partial charge in [0.15, 0.2) is 18.9 Å². The highest BCUT2D eigenvalue weighted by Gasteiger charge is 2.50. The maximum Gasteiger partial charge on any atom is 0.305 e. The summed E-state index contributed by atoms with van der Waals surface area (Å²) in [5.41, 5.74) is 0. The average Bonchev–Trinajstić information content (AvgIpc) is 3.71. The van der Waals surface area contributed by atoms with E-state index in [-0.39, 0.29) is 25.7 Å². The van der Waals surface area contributed by atoms with E-state index >= 15 is 0 Å². The van der Waals surface area contributed by atoms with Crippen LogP contribution < -0.4 is 0 Å². The fraction of sp³-hybridized carbons (Fsp3) is 0.967. The summed E-state index contributed by atoms with van der Waals surface area (Å²) < 4.78 is 52.1. The van der Waals surface area contributed by atoms with Crippen LogP contribution in [0.5, 0.6) is 0 Å². The third-order valence-electron chi connectivity index (χ3n) is 9.33. The molecule has 0 aromatic carbocycles. The van der Waals surface area contributed by atoms with Crippen LogP contribution in [0.25, 0.3) is 0 Å². The van der Waals surface area contributed by atoms with Gasteiger partial charge in [0.1, 0.15) is 67.2 Å². The van der Waals surface area contributed by atoms with Crippen molar-refractivity contribution < 1.29 is 83.2 Å². The molecule has 4 saturated heterocycles. The number of nitrogens with zero attached hydrogens (tertiary/aromatic N) is 1. The van der Waals surface area contributed by atoms with Gasteiger partial charge in [-0.2, -0.15) is 0 Å². The monoisotopic (exact) mass is 701 g/mol. The summed E-state index contributed by atoms with van der Waals surface area (Å²) >= 11 is 0. The number of methoxy groups -OCH3 is 1. The number of aliphatic hydroxyl groups is 8. The Labute approximate surface area is 278 Å². The lowest BCUT2D eigenvalue weighted by Crippen LogP contribution is -2.45. The number of hydrogen-bond donors (Lipinski definition) is 8. The molecule has 4 aliphatic rings. The maximum absolute atomic E-state index is 14.0. The maximum atomic E-state index is 14.0. The van der Waals surface area contributed by atoms with Gasteiger partial charge >= 0.3 is 5.97 Å². The van der Waals surface area contributed by atoms with E-state index in [1.807, 2.05) is 0 Å². The van der Waals surface area contributed by atoms with E-state index in [2.05, 4.69) is 4.74 Å². The molecule has 4 aliphatic heterocycles. The number of hydrogen-bond acceptors (Lipinski definition) is 17. The minimum atomic E-state index is -1.59. The van der Waals surface area contributed by atoms with Gasteiger partial charge in [-0.05, 0) is 12.8 Å². The number of unbranched alkanes of at least 4 members (excludes halogenated alkanes) is 5. The molecule has 0 spiro atoms. The Morgan fingerprint density at radius 1 is 0.688 bits per heavy atom. The molecular weight excluding hydrogens is 649 g/mol. The molecule has 0 amide bonds. The number of alkyl halides is 1. The smallest absolute Gasteiger partial charge is 0.305 e. The molecule has 0 aromatic rings. The molecular formula is C30H52FNO16. The standard InChI is InChI=1S/C30H52FNO16/c1-42-20(34)8-6-4-2-3-5-7-9-43-28-26(40)23(37)18(47-28)13-45-30-27(41)24(38)19(48-30)14-44-29-25(39)22(36)17(46-29)11-32-10-15(31)21(35)16(32)12-33/h15-19,21-30,33,35-41H,2-14H2,1H3/t15-,16-,17-,18-,19-,21+,22-,23-,24-,25+,26+,27+,28+,29+,30+/m1/s1. The van der Waals surface area contributed by atoms with E-state index in [1.54, 1.807) is 0 Å². The molecule has 48 heavy (non-hydrogen) atoms. The fourth-order valence-corrected chi connectivity index (χ4v) is 6.33. The average molecular weight is 702 g/mol. The van der Waals surface area contributed by atoms with Crippen molar-refractivity contribution in [2.45, 2.75) is 137 Å². The van der Waals surface area contributed by atoms with E-state index in [0.717, 1.165) is 32.1 Å². The molecule has 4 fully saturated rings. The van der Waals surface area contributed by atoms with Crippen molar-refractivity contribution >= 4 is 5.97 Å². The number of carbonyl (C=O) groups excluding carboxylic acids is 1. The van der Waals surface area contributed by atoms with Gasteiger partial charge in [-0.3, -0.25) is 9.69 Å². The molecule has 0 aromatic heterocycles. The van der Waals surface area contributed by atoms with Crippen LogP contribution in [-0.2, 0) is 38.0 Å². The molecule has 0 bridgehead atoms. The van der Waals surface area contributed by atoms with Gasteiger partial charge < -0.3 is 74.0 Å². The SMILES string of the molecule is COC(=O)CCCCCCCCO[C@H]1O[C@H](CO[C@H]2O[C@H](CO[C@H]3O[C@H](CN4C[C@@H](F)[C@H](O)[C@H]4CO)[C@@H](O)[C@@H]3O)[C@@H](O)[C@@H]2O)[C@@H](O)[C@@H]1O. The topological polar surface area (TPSA) is 247 Å². The van der Waals surface area contributed by atoms with E-state index in [9.17, 15) is 50.0 Å². The summed E-state index contributed by atoms with van der Waals surface area (Å²) in [7, 11) is 1.37. The van der Waals surface area contributed by atoms with Crippen LogP contribution in [0.4, 0.5) is 4.39 Å². The predicted molar refractivity (Wildman–Crippen MR) is 158 cm³/mol. The molecule has 280 valence electrons. The Kier molecular flexibility index (Phi) is 15.6. The Balaban J connectivity index is 1.13. The first-order chi connectivity index (χ1) is 23.0. The summed E-state index contributed by atoms with van der Waals surface area (Å²) in [4.78, 5) is 12.5. The third kappa shape index (κ3) is 9.98. The van der Waals surface area contributed by atoms with E-state index in [4.69, 9.17) is 28.4 Å². The van der Waals surface area contributed by atoms with Crippen molar-refractivity contribution in [1.29, 1.82) is 0 Å². The quantitative estimate of drug-likeness (QED) is 0.0484. The van der Waals surface area contributed by atoms with Crippen molar-refractivity contribution in [3.8, 4) is 0 Å². The summed E-state index contributed by atoms with van der Waals surface area (Å²) in [5.74, 6) is -0.215. The van der Waals surface area contributed by atoms with Gasteiger partial charge in [-0.1, -0.05) is 25.7 Å². The normalized spacial score (nSPS) is 41.8. The number of aliphatic hydroxyl groups excluding tert-OH is 8. The fourth-order valence-electron chi connectivity index (χ4n) is 6.33. The molecule has 0 radical (unpaired) electrons. The lowest BCUT2D eigenvalue weighted by molar-refractivity contribution is -0.218. The number of ether oxygens (including phenoxy) is 7. The predicted octanol–water partition coefficient (Wildman–Crippen LogP) is -3.34. The van der Waals surface area contributed by atoms with Gasteiger partial charge in [0, 0.05) is 26.1 Å². The molecule has 15 atom stereocenters. The minimum Gasteiger partial charge on any atom is -0.469 e. The van der Waals surface area contributed by atoms with Crippen LogP contribution in [-0.4, -0.2) is 190 Å². The highest BCUT2D eigenvalue weighted by molar-refractivity contribution is 5.68. The zero-order valence-electron chi connectivity index (χ0n) is 27.0. The molecule has 4 heterocycles. The van der Waals surface area contributed by atoms with Gasteiger partial charge in [-0.25, -0.2) is 4.39 Å². The van der Waals surface area contributed by atoms with Gasteiger partial charge in [-0.15, -0.1) is 0 Å². The lowest BCUT2D eigenvalue weighted by atomic mass is 10.1. The highest BCUT2D eigenvalue weighted by atomic mass is 19.1. The van der Waals surface area contributed by atoms with Crippen LogP contribution in [0.1, 0.15) is 44.9 Å². The van der Waals surface area contributed by atoms with E-state index in [0.29, 0.717) is 19.4 Å². The Hall–Kier alpha value is -1.20. The zero-order valence-corrected chi connectivity index (χ0v) is 27.0. The number of halogens is 1. The van der Waals surface area contributed by atoms with Gasteiger partial charge in [0.2, 0.25) is 0 Å². The highest BCUT2D eigenvalue weighted by Crippen LogP contribution is 2.30. The van der Waals surface area contributed by atoms with Crippen LogP contribution >= 0.6 is 0 Å². The summed E-state index contributed by atoms with van der Waals surface area (Å²) in [6, 6.07) is -0.899. The molecule has 0 aliphatic carbocycles. The van der Waals surface area contributed by atoms with Crippen molar-refractivity contribution in [1.82, 2.24) is 4.90 Å². The van der Waals surface area contributed by atoms with Crippen LogP contribution in [0.3, 0.4) is 0 Å². The van der Waals surface area contributed by atoms with Crippen molar-refractivity contribution in [2.24, 2.45) is 0 Å². The number of carbonyl (C=O) groups is 1. The summed E-state index contributed by atoms with van der Waals surface area (Å²) in [6.45, 7) is -1.22. The Bertz CT molecular complexity index is 972. The summed E-state index contributed by atoms with van der Waals surface area (Å²) in [6.07, 6.45) is -13.0. The van der Waals surface area contributed by atoms with Gasteiger partial charge in [0.05, 0.1) is 33.0 Å². The zero-order chi connectivity index (χ0) is 35.0.